The molecule has 0 saturated carbocycles. The molecular formula is C24H19F2N3O4. The van der Waals surface area contributed by atoms with Crippen molar-refractivity contribution in [1.82, 2.24) is 14.8 Å². The number of nitrogens with one attached hydrogen (secondary N) is 1. The van der Waals surface area contributed by atoms with Crippen molar-refractivity contribution in [2.45, 2.75) is 19.0 Å². The van der Waals surface area contributed by atoms with Gasteiger partial charge in [0.2, 0.25) is 5.43 Å². The van der Waals surface area contributed by atoms with E-state index >= 15 is 0 Å². The molecule has 3 aromatic rings. The van der Waals surface area contributed by atoms with E-state index in [0.29, 0.717) is 25.6 Å². The molecule has 168 valence electrons. The highest BCUT2D eigenvalue weighted by atomic mass is 19.1. The normalized spacial score (nSPS) is 16.6. The third-order valence-electron chi connectivity index (χ3n) is 6.19. The molecule has 3 heterocycles. The van der Waals surface area contributed by atoms with E-state index in [1.54, 1.807) is 4.90 Å². The van der Waals surface area contributed by atoms with Crippen LogP contribution in [0.5, 0.6) is 5.75 Å². The molecule has 2 amide bonds. The number of aromatic hydroxyl groups is 1. The Kier molecular flexibility index (Phi) is 4.96. The molecule has 2 aliphatic heterocycles. The zero-order chi connectivity index (χ0) is 23.3. The van der Waals surface area contributed by atoms with Gasteiger partial charge in [-0.2, -0.15) is 0 Å². The second kappa shape index (κ2) is 7.84. The molecule has 0 saturated heterocycles. The molecule has 1 aromatic heterocycles. The van der Waals surface area contributed by atoms with E-state index in [1.807, 2.05) is 24.3 Å². The number of hydrogen-bond donors (Lipinski definition) is 2. The van der Waals surface area contributed by atoms with Crippen molar-refractivity contribution in [2.75, 3.05) is 13.1 Å². The van der Waals surface area contributed by atoms with Crippen molar-refractivity contribution in [3.05, 3.63) is 98.5 Å². The average Bonchev–Trinajstić information content (AvgIpc) is 2.97. The third-order valence-corrected chi connectivity index (χ3v) is 6.19. The van der Waals surface area contributed by atoms with Crippen molar-refractivity contribution < 1.29 is 23.5 Å². The summed E-state index contributed by atoms with van der Waals surface area (Å²) in [6.45, 7) is 0.504. The summed E-state index contributed by atoms with van der Waals surface area (Å²) in [5, 5.41) is 13.1. The zero-order valence-electron chi connectivity index (χ0n) is 17.3. The first-order chi connectivity index (χ1) is 15.8. The molecule has 2 bridgehead atoms. The number of fused-ring (bicyclic) bond motifs is 6. The van der Waals surface area contributed by atoms with Crippen LogP contribution in [-0.2, 0) is 13.0 Å². The summed E-state index contributed by atoms with van der Waals surface area (Å²) in [7, 11) is 0. The van der Waals surface area contributed by atoms with Gasteiger partial charge in [0.25, 0.3) is 11.8 Å². The molecule has 0 fully saturated rings. The second-order valence-electron chi connectivity index (χ2n) is 8.11. The molecule has 2 aliphatic rings. The van der Waals surface area contributed by atoms with E-state index in [-0.39, 0.29) is 29.4 Å². The molecule has 0 spiro atoms. The average molecular weight is 451 g/mol. The van der Waals surface area contributed by atoms with Gasteiger partial charge in [-0.1, -0.05) is 30.3 Å². The van der Waals surface area contributed by atoms with Crippen LogP contribution in [0, 0.1) is 11.6 Å². The van der Waals surface area contributed by atoms with Crippen LogP contribution in [-0.4, -0.2) is 39.5 Å². The number of carbonyl (C=O) groups excluding carboxylic acids is 2. The van der Waals surface area contributed by atoms with E-state index in [2.05, 4.69) is 5.32 Å². The number of halogens is 2. The molecular weight excluding hydrogens is 432 g/mol. The molecule has 0 aliphatic carbocycles. The number of nitrogens with zero attached hydrogens (tertiary/aromatic N) is 2. The fourth-order valence-corrected chi connectivity index (χ4v) is 4.49. The lowest BCUT2D eigenvalue weighted by Gasteiger charge is -2.35. The molecule has 0 radical (unpaired) electrons. The third kappa shape index (κ3) is 3.45. The maximum Gasteiger partial charge on any atom is 0.274 e. The van der Waals surface area contributed by atoms with Gasteiger partial charge in [-0.05, 0) is 23.6 Å². The Morgan fingerprint density at radius 2 is 1.94 bits per heavy atom. The zero-order valence-corrected chi connectivity index (χ0v) is 17.3. The van der Waals surface area contributed by atoms with Crippen LogP contribution >= 0.6 is 0 Å². The number of amides is 2. The van der Waals surface area contributed by atoms with Crippen molar-refractivity contribution in [2.24, 2.45) is 0 Å². The monoisotopic (exact) mass is 451 g/mol. The van der Waals surface area contributed by atoms with Gasteiger partial charge in [-0.3, -0.25) is 14.4 Å². The second-order valence-corrected chi connectivity index (χ2v) is 8.11. The summed E-state index contributed by atoms with van der Waals surface area (Å²) in [6, 6.07) is 10.2. The lowest BCUT2D eigenvalue weighted by atomic mass is 9.97. The van der Waals surface area contributed by atoms with Gasteiger partial charge in [0.05, 0.1) is 6.04 Å². The predicted molar refractivity (Wildman–Crippen MR) is 114 cm³/mol. The Morgan fingerprint density at radius 3 is 2.73 bits per heavy atom. The highest BCUT2D eigenvalue weighted by molar-refractivity contribution is 5.99. The van der Waals surface area contributed by atoms with Gasteiger partial charge < -0.3 is 19.9 Å². The number of benzene rings is 2. The molecule has 33 heavy (non-hydrogen) atoms. The SMILES string of the molecule is O=C(NCc1ccc(F)cc1F)c1cn2c(c(O)c1=O)C(=O)N1CCc3ccccc3C2C1. The summed E-state index contributed by atoms with van der Waals surface area (Å²) in [6.07, 6.45) is 1.91. The summed E-state index contributed by atoms with van der Waals surface area (Å²) >= 11 is 0. The van der Waals surface area contributed by atoms with Crippen LogP contribution < -0.4 is 10.7 Å². The van der Waals surface area contributed by atoms with E-state index in [0.717, 1.165) is 17.2 Å². The first-order valence-electron chi connectivity index (χ1n) is 10.4. The minimum Gasteiger partial charge on any atom is -0.503 e. The summed E-state index contributed by atoms with van der Waals surface area (Å²) in [4.78, 5) is 40.2. The van der Waals surface area contributed by atoms with Crippen LogP contribution in [0.3, 0.4) is 0 Å². The summed E-state index contributed by atoms with van der Waals surface area (Å²) in [5.41, 5.74) is 0.504. The van der Waals surface area contributed by atoms with Crippen LogP contribution in [0.4, 0.5) is 8.78 Å². The quantitative estimate of drug-likeness (QED) is 0.640. The van der Waals surface area contributed by atoms with Crippen molar-refractivity contribution >= 4 is 11.8 Å². The topological polar surface area (TPSA) is 91.6 Å². The Hall–Kier alpha value is -4.01. The Labute approximate surface area is 186 Å². The predicted octanol–water partition coefficient (Wildman–Crippen LogP) is 2.36. The highest BCUT2D eigenvalue weighted by Crippen LogP contribution is 2.34. The van der Waals surface area contributed by atoms with Crippen molar-refractivity contribution in [3.8, 4) is 5.75 Å². The number of aromatic nitrogens is 1. The van der Waals surface area contributed by atoms with Gasteiger partial charge in [0.1, 0.15) is 17.2 Å². The number of pyridine rings is 1. The first-order valence-corrected chi connectivity index (χ1v) is 10.4. The minimum absolute atomic E-state index is 0.0375. The van der Waals surface area contributed by atoms with Gasteiger partial charge in [0.15, 0.2) is 11.4 Å². The van der Waals surface area contributed by atoms with Gasteiger partial charge in [-0.25, -0.2) is 8.78 Å². The Morgan fingerprint density at radius 1 is 1.15 bits per heavy atom. The molecule has 2 N–H and O–H groups in total. The van der Waals surface area contributed by atoms with E-state index in [4.69, 9.17) is 0 Å². The molecule has 2 aromatic carbocycles. The molecule has 1 unspecified atom stereocenters. The maximum absolute atomic E-state index is 13.9. The van der Waals surface area contributed by atoms with Gasteiger partial charge in [-0.15, -0.1) is 0 Å². The molecule has 9 heteroatoms. The Bertz CT molecular complexity index is 1370. The van der Waals surface area contributed by atoms with Gasteiger partial charge in [0, 0.05) is 37.5 Å². The highest BCUT2D eigenvalue weighted by Gasteiger charge is 2.38. The van der Waals surface area contributed by atoms with E-state index < -0.39 is 34.6 Å². The maximum atomic E-state index is 13.9. The number of carbonyl (C=O) groups is 2. The number of rotatable bonds is 3. The molecule has 5 rings (SSSR count). The largest absolute Gasteiger partial charge is 0.503 e. The van der Waals surface area contributed by atoms with Gasteiger partial charge >= 0.3 is 0 Å². The smallest absolute Gasteiger partial charge is 0.274 e. The van der Waals surface area contributed by atoms with Crippen molar-refractivity contribution in [1.29, 1.82) is 0 Å². The van der Waals surface area contributed by atoms with Crippen molar-refractivity contribution in [3.63, 3.8) is 0 Å². The summed E-state index contributed by atoms with van der Waals surface area (Å²) in [5.74, 6) is -3.70. The van der Waals surface area contributed by atoms with E-state index in [9.17, 15) is 28.3 Å². The Balaban J connectivity index is 1.55. The molecule has 1 atom stereocenters. The van der Waals surface area contributed by atoms with Crippen LogP contribution in [0.2, 0.25) is 0 Å². The lowest BCUT2D eigenvalue weighted by molar-refractivity contribution is 0.0686. The van der Waals surface area contributed by atoms with E-state index in [1.165, 1.54) is 16.8 Å². The van der Waals surface area contributed by atoms with Crippen LogP contribution in [0.1, 0.15) is 43.6 Å². The van der Waals surface area contributed by atoms with Crippen LogP contribution in [0.15, 0.2) is 53.5 Å². The first kappa shape index (κ1) is 20.9. The lowest BCUT2D eigenvalue weighted by Crippen LogP contribution is -2.45. The summed E-state index contributed by atoms with van der Waals surface area (Å²) < 4.78 is 28.5. The fourth-order valence-electron chi connectivity index (χ4n) is 4.49. The number of hydrogen-bond acceptors (Lipinski definition) is 4. The fraction of sp³-hybridized carbons (Fsp3) is 0.208. The van der Waals surface area contributed by atoms with Crippen LogP contribution in [0.25, 0.3) is 0 Å². The minimum atomic E-state index is -0.986. The standard InChI is InChI=1S/C24H19F2N3O4/c25-15-6-5-14(18(26)9-15)10-27-23(32)17-11-29-19-12-28(24(33)20(29)22(31)21(17)30)8-7-13-3-1-2-4-16(13)19/h1-6,9,11,19,31H,7-8,10,12H2,(H,27,32). The molecule has 7 nitrogen and oxygen atoms in total.